The van der Waals surface area contributed by atoms with Crippen molar-refractivity contribution < 1.29 is 9.59 Å². The summed E-state index contributed by atoms with van der Waals surface area (Å²) >= 11 is 0. The molecule has 2 amide bonds. The van der Waals surface area contributed by atoms with Gasteiger partial charge in [0.25, 0.3) is 0 Å². The van der Waals surface area contributed by atoms with Crippen LogP contribution in [0.4, 0.5) is 0 Å². The number of hydrogen-bond donors (Lipinski definition) is 1. The lowest BCUT2D eigenvalue weighted by Gasteiger charge is -2.32. The average molecular weight is 326 g/mol. The van der Waals surface area contributed by atoms with Crippen LogP contribution >= 0.6 is 12.4 Å². The van der Waals surface area contributed by atoms with Gasteiger partial charge in [-0.3, -0.25) is 9.59 Å². The monoisotopic (exact) mass is 325 g/mol. The van der Waals surface area contributed by atoms with Gasteiger partial charge in [0, 0.05) is 33.2 Å². The van der Waals surface area contributed by atoms with Gasteiger partial charge in [-0.15, -0.1) is 12.4 Å². The molecule has 1 unspecified atom stereocenters. The Bertz CT molecular complexity index is 495. The average Bonchev–Trinajstić information content (AvgIpc) is 2.50. The number of hydrogen-bond acceptors (Lipinski definition) is 3. The Morgan fingerprint density at radius 1 is 1.36 bits per heavy atom. The third-order valence-electron chi connectivity index (χ3n) is 3.83. The zero-order valence-corrected chi connectivity index (χ0v) is 13.9. The third kappa shape index (κ3) is 4.71. The summed E-state index contributed by atoms with van der Waals surface area (Å²) in [6, 6.07) is 9.47. The number of carbonyl (C=O) groups excluding carboxylic acids is 2. The van der Waals surface area contributed by atoms with Crippen LogP contribution in [0.3, 0.4) is 0 Å². The Morgan fingerprint density at radius 3 is 2.68 bits per heavy atom. The largest absolute Gasteiger partial charge is 0.341 e. The number of nitrogens with zero attached hydrogens (tertiary/aromatic N) is 2. The summed E-state index contributed by atoms with van der Waals surface area (Å²) in [5, 5.41) is 3.14. The molecule has 1 aliphatic heterocycles. The van der Waals surface area contributed by atoms with Crippen LogP contribution in [-0.2, 0) is 16.1 Å². The second kappa shape index (κ2) is 8.76. The zero-order chi connectivity index (χ0) is 15.2. The van der Waals surface area contributed by atoms with E-state index < -0.39 is 0 Å². The summed E-state index contributed by atoms with van der Waals surface area (Å²) < 4.78 is 0. The zero-order valence-electron chi connectivity index (χ0n) is 13.1. The van der Waals surface area contributed by atoms with Gasteiger partial charge in [0.15, 0.2) is 0 Å². The first-order valence-corrected chi connectivity index (χ1v) is 7.42. The van der Waals surface area contributed by atoms with Crippen LogP contribution in [0.5, 0.6) is 0 Å². The predicted octanol–water partition coefficient (Wildman–Crippen LogP) is 1.28. The summed E-state index contributed by atoms with van der Waals surface area (Å²) in [6.07, 6.45) is 0.221. The molecule has 0 aliphatic carbocycles. The lowest BCUT2D eigenvalue weighted by atomic mass is 10.1. The number of rotatable bonds is 5. The lowest BCUT2D eigenvalue weighted by Crippen LogP contribution is -2.56. The van der Waals surface area contributed by atoms with Crippen LogP contribution in [0.25, 0.3) is 0 Å². The first kappa shape index (κ1) is 18.5. The Morgan fingerprint density at radius 2 is 2.05 bits per heavy atom. The van der Waals surface area contributed by atoms with Gasteiger partial charge in [0.1, 0.15) is 0 Å². The van der Waals surface area contributed by atoms with Crippen LogP contribution < -0.4 is 5.32 Å². The minimum absolute atomic E-state index is 0. The molecule has 1 aromatic rings. The van der Waals surface area contributed by atoms with Gasteiger partial charge in [-0.25, -0.2) is 0 Å². The van der Waals surface area contributed by atoms with E-state index in [1.807, 2.05) is 37.3 Å². The summed E-state index contributed by atoms with van der Waals surface area (Å²) in [5.74, 6) is 0.0212. The summed E-state index contributed by atoms with van der Waals surface area (Å²) in [6.45, 7) is 4.70. The van der Waals surface area contributed by atoms with Crippen molar-refractivity contribution in [1.82, 2.24) is 15.1 Å². The number of amides is 2. The SMILES string of the molecule is CCN1CCNC(CC(=O)N(C)Cc2ccccc2)C1=O.Cl. The van der Waals surface area contributed by atoms with Crippen LogP contribution in [-0.4, -0.2) is 54.3 Å². The first-order valence-electron chi connectivity index (χ1n) is 7.42. The Hall–Kier alpha value is -1.59. The second-order valence-electron chi connectivity index (χ2n) is 5.36. The van der Waals surface area contributed by atoms with E-state index in [1.54, 1.807) is 16.8 Å². The van der Waals surface area contributed by atoms with Gasteiger partial charge in [-0.05, 0) is 12.5 Å². The Kier molecular flexibility index (Phi) is 7.35. The Balaban J connectivity index is 0.00000242. The lowest BCUT2D eigenvalue weighted by molar-refractivity contribution is -0.140. The predicted molar refractivity (Wildman–Crippen MR) is 88.8 cm³/mol. The molecule has 1 heterocycles. The van der Waals surface area contributed by atoms with Crippen LogP contribution in [0.2, 0.25) is 0 Å². The van der Waals surface area contributed by atoms with Crippen molar-refractivity contribution in [2.45, 2.75) is 25.9 Å². The highest BCUT2D eigenvalue weighted by Crippen LogP contribution is 2.09. The van der Waals surface area contributed by atoms with Crippen molar-refractivity contribution in [3.05, 3.63) is 35.9 Å². The normalized spacial score (nSPS) is 17.8. The van der Waals surface area contributed by atoms with Gasteiger partial charge in [-0.1, -0.05) is 30.3 Å². The van der Waals surface area contributed by atoms with Gasteiger partial charge in [0.2, 0.25) is 11.8 Å². The summed E-state index contributed by atoms with van der Waals surface area (Å²) in [4.78, 5) is 27.9. The molecule has 0 aromatic heterocycles. The van der Waals surface area contributed by atoms with Crippen molar-refractivity contribution in [1.29, 1.82) is 0 Å². The number of carbonyl (C=O) groups is 2. The molecule has 0 spiro atoms. The van der Waals surface area contributed by atoms with Crippen molar-refractivity contribution >= 4 is 24.2 Å². The fourth-order valence-corrected chi connectivity index (χ4v) is 2.54. The van der Waals surface area contributed by atoms with E-state index in [9.17, 15) is 9.59 Å². The van der Waals surface area contributed by atoms with Gasteiger partial charge < -0.3 is 15.1 Å². The van der Waals surface area contributed by atoms with Gasteiger partial charge in [0.05, 0.1) is 12.5 Å². The van der Waals surface area contributed by atoms with E-state index in [1.165, 1.54) is 0 Å². The molecule has 1 N–H and O–H groups in total. The minimum Gasteiger partial charge on any atom is -0.341 e. The maximum atomic E-state index is 12.3. The number of likely N-dealkylation sites (N-methyl/N-ethyl adjacent to an activating group) is 1. The van der Waals surface area contributed by atoms with Crippen LogP contribution in [0.1, 0.15) is 18.9 Å². The number of benzene rings is 1. The fourth-order valence-electron chi connectivity index (χ4n) is 2.54. The second-order valence-corrected chi connectivity index (χ2v) is 5.36. The molecule has 5 nitrogen and oxygen atoms in total. The molecule has 1 aromatic carbocycles. The van der Waals surface area contributed by atoms with E-state index in [4.69, 9.17) is 0 Å². The highest BCUT2D eigenvalue weighted by molar-refractivity contribution is 5.88. The number of piperazine rings is 1. The molecule has 0 saturated carbocycles. The van der Waals surface area contributed by atoms with E-state index in [0.29, 0.717) is 13.1 Å². The summed E-state index contributed by atoms with van der Waals surface area (Å²) in [7, 11) is 1.78. The number of halogens is 1. The third-order valence-corrected chi connectivity index (χ3v) is 3.83. The van der Waals surface area contributed by atoms with Crippen molar-refractivity contribution in [2.24, 2.45) is 0 Å². The highest BCUT2D eigenvalue weighted by Gasteiger charge is 2.29. The molecule has 122 valence electrons. The quantitative estimate of drug-likeness (QED) is 0.887. The molecule has 2 rings (SSSR count). The summed E-state index contributed by atoms with van der Waals surface area (Å²) in [5.41, 5.74) is 1.09. The molecular formula is C16H24ClN3O2. The molecule has 0 radical (unpaired) electrons. The van der Waals surface area contributed by atoms with E-state index >= 15 is 0 Å². The molecule has 1 fully saturated rings. The van der Waals surface area contributed by atoms with Crippen molar-refractivity contribution in [3.8, 4) is 0 Å². The van der Waals surface area contributed by atoms with E-state index in [2.05, 4.69) is 5.32 Å². The van der Waals surface area contributed by atoms with Crippen molar-refractivity contribution in [2.75, 3.05) is 26.7 Å². The molecule has 1 aliphatic rings. The minimum atomic E-state index is -0.385. The topological polar surface area (TPSA) is 52.7 Å². The van der Waals surface area contributed by atoms with Crippen LogP contribution in [0, 0.1) is 0 Å². The maximum absolute atomic E-state index is 12.3. The molecule has 1 saturated heterocycles. The smallest absolute Gasteiger partial charge is 0.240 e. The molecule has 1 atom stereocenters. The maximum Gasteiger partial charge on any atom is 0.240 e. The molecule has 0 bridgehead atoms. The fraction of sp³-hybridized carbons (Fsp3) is 0.500. The highest BCUT2D eigenvalue weighted by atomic mass is 35.5. The first-order chi connectivity index (χ1) is 10.1. The van der Waals surface area contributed by atoms with E-state index in [-0.39, 0.29) is 36.7 Å². The Labute approximate surface area is 138 Å². The molecule has 6 heteroatoms. The molecule has 22 heavy (non-hydrogen) atoms. The van der Waals surface area contributed by atoms with Crippen LogP contribution in [0.15, 0.2) is 30.3 Å². The van der Waals surface area contributed by atoms with E-state index in [0.717, 1.165) is 18.7 Å². The van der Waals surface area contributed by atoms with Gasteiger partial charge in [-0.2, -0.15) is 0 Å². The number of nitrogens with one attached hydrogen (secondary N) is 1. The van der Waals surface area contributed by atoms with Gasteiger partial charge >= 0.3 is 0 Å². The molecular weight excluding hydrogens is 302 g/mol. The standard InChI is InChI=1S/C16H23N3O2.ClH/c1-3-19-10-9-17-14(16(19)21)11-15(20)18(2)12-13-7-5-4-6-8-13;/h4-8,14,17H,3,9-12H2,1-2H3;1H. The van der Waals surface area contributed by atoms with Crippen molar-refractivity contribution in [3.63, 3.8) is 0 Å².